The van der Waals surface area contributed by atoms with Crippen LogP contribution >= 0.6 is 11.6 Å². The number of aryl methyl sites for hydroxylation is 1. The topological polar surface area (TPSA) is 41.9 Å². The predicted molar refractivity (Wildman–Crippen MR) is 106 cm³/mol. The molecule has 1 rings (SSSR count). The van der Waals surface area contributed by atoms with Gasteiger partial charge in [-0.25, -0.2) is 0 Å². The van der Waals surface area contributed by atoms with Crippen LogP contribution in [0.2, 0.25) is 0 Å². The predicted octanol–water partition coefficient (Wildman–Crippen LogP) is 5.53. The molecule has 0 heterocycles. The standard InChI is InChI=1S/C20H31ClN2O2/c1-4-6-8-9-12-18-13-10-11-14-19(18)23(20(24)17(3)21)16-25-22-15-7-5-2/h10-11,13-15,17H,4-9,12,16H2,1-3H3. The summed E-state index contributed by atoms with van der Waals surface area (Å²) in [7, 11) is 0. The zero-order valence-corrected chi connectivity index (χ0v) is 16.5. The summed E-state index contributed by atoms with van der Waals surface area (Å²) in [5.74, 6) is -0.173. The lowest BCUT2D eigenvalue weighted by molar-refractivity contribution is -0.119. The number of para-hydroxylation sites is 1. The molecule has 0 saturated carbocycles. The summed E-state index contributed by atoms with van der Waals surface area (Å²) in [6.07, 6.45) is 9.28. The molecule has 0 bridgehead atoms. The van der Waals surface area contributed by atoms with Crippen molar-refractivity contribution >= 4 is 29.4 Å². The van der Waals surface area contributed by atoms with Crippen LogP contribution in [0.4, 0.5) is 5.69 Å². The number of halogens is 1. The van der Waals surface area contributed by atoms with Gasteiger partial charge < -0.3 is 4.84 Å². The Balaban J connectivity index is 2.87. The lowest BCUT2D eigenvalue weighted by Crippen LogP contribution is -2.37. The minimum Gasteiger partial charge on any atom is -0.374 e. The summed E-state index contributed by atoms with van der Waals surface area (Å²) in [6.45, 7) is 6.03. The number of alkyl halides is 1. The van der Waals surface area contributed by atoms with Crippen molar-refractivity contribution < 1.29 is 9.63 Å². The summed E-state index contributed by atoms with van der Waals surface area (Å²) >= 11 is 6.05. The summed E-state index contributed by atoms with van der Waals surface area (Å²) in [4.78, 5) is 19.5. The molecule has 25 heavy (non-hydrogen) atoms. The van der Waals surface area contributed by atoms with Gasteiger partial charge in [0, 0.05) is 6.21 Å². The van der Waals surface area contributed by atoms with Crippen LogP contribution in [0.1, 0.15) is 64.9 Å². The molecule has 1 atom stereocenters. The molecule has 1 aromatic carbocycles. The minimum absolute atomic E-state index is 0.0715. The van der Waals surface area contributed by atoms with Crippen LogP contribution in [-0.2, 0) is 16.1 Å². The Kier molecular flexibility index (Phi) is 11.0. The van der Waals surface area contributed by atoms with E-state index in [4.69, 9.17) is 16.4 Å². The Morgan fingerprint density at radius 3 is 2.68 bits per heavy atom. The van der Waals surface area contributed by atoms with Gasteiger partial charge in [0.2, 0.25) is 5.91 Å². The molecule has 0 saturated heterocycles. The number of carbonyl (C=O) groups excluding carboxylic acids is 1. The highest BCUT2D eigenvalue weighted by molar-refractivity contribution is 6.32. The van der Waals surface area contributed by atoms with Crippen LogP contribution in [-0.4, -0.2) is 24.2 Å². The molecule has 0 aliphatic carbocycles. The summed E-state index contributed by atoms with van der Waals surface area (Å²) in [6, 6.07) is 7.96. The zero-order chi connectivity index (χ0) is 18.5. The SMILES string of the molecule is CCCC=NOCN(C(=O)C(C)Cl)c1ccccc1CCCCCC. The third kappa shape index (κ3) is 7.91. The normalized spacial score (nSPS) is 12.3. The van der Waals surface area contributed by atoms with E-state index < -0.39 is 5.38 Å². The van der Waals surface area contributed by atoms with Crippen LogP contribution in [0.5, 0.6) is 0 Å². The van der Waals surface area contributed by atoms with Gasteiger partial charge in [0.05, 0.1) is 5.69 Å². The van der Waals surface area contributed by atoms with Gasteiger partial charge >= 0.3 is 0 Å². The average Bonchev–Trinajstić information content (AvgIpc) is 2.62. The number of oxime groups is 1. The lowest BCUT2D eigenvalue weighted by atomic mass is 10.0. The molecule has 1 unspecified atom stereocenters. The maximum atomic E-state index is 12.6. The first-order valence-electron chi connectivity index (χ1n) is 9.28. The van der Waals surface area contributed by atoms with Crippen molar-refractivity contribution in [3.8, 4) is 0 Å². The summed E-state index contributed by atoms with van der Waals surface area (Å²) in [5.41, 5.74) is 2.01. The number of unbranched alkanes of at least 4 members (excludes halogenated alkanes) is 4. The van der Waals surface area contributed by atoms with E-state index in [1.54, 1.807) is 18.0 Å². The second-order valence-corrected chi connectivity index (χ2v) is 6.81. The van der Waals surface area contributed by atoms with Gasteiger partial charge in [0.15, 0.2) is 6.73 Å². The number of hydrogen-bond donors (Lipinski definition) is 0. The van der Waals surface area contributed by atoms with E-state index in [0.29, 0.717) is 0 Å². The number of anilines is 1. The highest BCUT2D eigenvalue weighted by Gasteiger charge is 2.22. The van der Waals surface area contributed by atoms with Gasteiger partial charge in [-0.05, 0) is 37.8 Å². The van der Waals surface area contributed by atoms with Gasteiger partial charge in [-0.1, -0.05) is 62.9 Å². The largest absolute Gasteiger partial charge is 0.374 e. The first-order valence-corrected chi connectivity index (χ1v) is 9.72. The molecule has 0 aromatic heterocycles. The van der Waals surface area contributed by atoms with Crippen LogP contribution in [0.25, 0.3) is 0 Å². The van der Waals surface area contributed by atoms with Crippen molar-refractivity contribution in [2.24, 2.45) is 5.16 Å². The molecule has 0 radical (unpaired) electrons. The third-order valence-corrected chi connectivity index (χ3v) is 4.13. The molecule has 0 N–H and O–H groups in total. The molecular weight excluding hydrogens is 336 g/mol. The van der Waals surface area contributed by atoms with Crippen LogP contribution in [0.3, 0.4) is 0 Å². The van der Waals surface area contributed by atoms with Crippen LogP contribution in [0.15, 0.2) is 29.4 Å². The summed E-state index contributed by atoms with van der Waals surface area (Å²) in [5, 5.41) is 3.31. The van der Waals surface area contributed by atoms with E-state index in [9.17, 15) is 4.79 Å². The minimum atomic E-state index is -0.614. The van der Waals surface area contributed by atoms with Gasteiger partial charge in [0.25, 0.3) is 0 Å². The third-order valence-electron chi connectivity index (χ3n) is 3.94. The molecular formula is C20H31ClN2O2. The molecule has 1 aromatic rings. The van der Waals surface area contributed by atoms with E-state index >= 15 is 0 Å². The van der Waals surface area contributed by atoms with Crippen LogP contribution in [0, 0.1) is 0 Å². The number of carbonyl (C=O) groups is 1. The number of nitrogens with zero attached hydrogens (tertiary/aromatic N) is 2. The number of amides is 1. The second kappa shape index (κ2) is 12.8. The van der Waals surface area contributed by atoms with Gasteiger partial charge in [-0.15, -0.1) is 11.6 Å². The Morgan fingerprint density at radius 2 is 2.00 bits per heavy atom. The molecule has 0 aliphatic rings. The highest BCUT2D eigenvalue weighted by atomic mass is 35.5. The molecule has 5 heteroatoms. The van der Waals surface area contributed by atoms with Crippen molar-refractivity contribution in [3.05, 3.63) is 29.8 Å². The molecule has 0 aliphatic heterocycles. The number of hydrogen-bond acceptors (Lipinski definition) is 3. The molecule has 0 spiro atoms. The Labute approximate surface area is 157 Å². The monoisotopic (exact) mass is 366 g/mol. The van der Waals surface area contributed by atoms with E-state index in [2.05, 4.69) is 25.1 Å². The molecule has 0 fully saturated rings. The smallest absolute Gasteiger partial charge is 0.247 e. The maximum Gasteiger partial charge on any atom is 0.247 e. The maximum absolute atomic E-state index is 12.6. The second-order valence-electron chi connectivity index (χ2n) is 6.16. The quantitative estimate of drug-likeness (QED) is 0.160. The van der Waals surface area contributed by atoms with Crippen molar-refractivity contribution in [1.82, 2.24) is 0 Å². The van der Waals surface area contributed by atoms with Gasteiger partial charge in [-0.2, -0.15) is 0 Å². The van der Waals surface area contributed by atoms with Crippen molar-refractivity contribution in [1.29, 1.82) is 0 Å². The lowest BCUT2D eigenvalue weighted by Gasteiger charge is -2.25. The van der Waals surface area contributed by atoms with Gasteiger partial charge in [0.1, 0.15) is 5.38 Å². The van der Waals surface area contributed by atoms with Gasteiger partial charge in [-0.3, -0.25) is 9.69 Å². The van der Waals surface area contributed by atoms with E-state index in [1.165, 1.54) is 19.3 Å². The number of rotatable bonds is 12. The number of benzene rings is 1. The van der Waals surface area contributed by atoms with E-state index in [0.717, 1.165) is 36.9 Å². The fourth-order valence-electron chi connectivity index (χ4n) is 2.52. The summed E-state index contributed by atoms with van der Waals surface area (Å²) < 4.78 is 0. The highest BCUT2D eigenvalue weighted by Crippen LogP contribution is 2.24. The Bertz CT molecular complexity index is 532. The van der Waals surface area contributed by atoms with Crippen molar-refractivity contribution in [3.63, 3.8) is 0 Å². The van der Waals surface area contributed by atoms with Crippen molar-refractivity contribution in [2.75, 3.05) is 11.6 Å². The Morgan fingerprint density at radius 1 is 1.24 bits per heavy atom. The molecule has 1 amide bonds. The molecule has 4 nitrogen and oxygen atoms in total. The first kappa shape index (κ1) is 21.5. The van der Waals surface area contributed by atoms with E-state index in [-0.39, 0.29) is 12.6 Å². The fourth-order valence-corrected chi connectivity index (χ4v) is 2.64. The first-order chi connectivity index (χ1) is 12.1. The van der Waals surface area contributed by atoms with Crippen molar-refractivity contribution in [2.45, 2.75) is 71.1 Å². The molecule has 140 valence electrons. The average molecular weight is 367 g/mol. The Hall–Kier alpha value is -1.55. The fraction of sp³-hybridized carbons (Fsp3) is 0.600. The zero-order valence-electron chi connectivity index (χ0n) is 15.7. The van der Waals surface area contributed by atoms with Crippen LogP contribution < -0.4 is 4.90 Å². The van der Waals surface area contributed by atoms with E-state index in [1.807, 2.05) is 18.2 Å².